The first kappa shape index (κ1) is 12.4. The van der Waals surface area contributed by atoms with Crippen LogP contribution in [0.1, 0.15) is 16.7 Å². The zero-order valence-corrected chi connectivity index (χ0v) is 10.8. The Kier molecular flexibility index (Phi) is 3.50. The summed E-state index contributed by atoms with van der Waals surface area (Å²) in [5, 5.41) is 9.54. The van der Waals surface area contributed by atoms with E-state index in [9.17, 15) is 0 Å². The molecule has 0 aliphatic rings. The molecule has 90 valence electrons. The molecule has 1 aromatic heterocycles. The van der Waals surface area contributed by atoms with Crippen molar-refractivity contribution < 1.29 is 4.74 Å². The summed E-state index contributed by atoms with van der Waals surface area (Å²) in [6.07, 6.45) is 1.55. The van der Waals surface area contributed by atoms with Gasteiger partial charge in [-0.25, -0.2) is 4.98 Å². The fourth-order valence-corrected chi connectivity index (χ4v) is 1.73. The maximum atomic E-state index is 8.80. The first-order valence-electron chi connectivity index (χ1n) is 5.41. The Labute approximate surface area is 111 Å². The van der Waals surface area contributed by atoms with Gasteiger partial charge in [0.05, 0.1) is 11.6 Å². The van der Waals surface area contributed by atoms with Crippen LogP contribution in [-0.2, 0) is 0 Å². The predicted molar refractivity (Wildman–Crippen MR) is 70.0 cm³/mol. The number of pyridine rings is 1. The molecule has 0 amide bonds. The van der Waals surface area contributed by atoms with Gasteiger partial charge in [-0.2, -0.15) is 5.26 Å². The van der Waals surface area contributed by atoms with Gasteiger partial charge in [0, 0.05) is 17.3 Å². The number of ether oxygens (including phenoxy) is 1. The molecular weight excluding hydrogens is 248 g/mol. The summed E-state index contributed by atoms with van der Waals surface area (Å²) < 4.78 is 5.62. The summed E-state index contributed by atoms with van der Waals surface area (Å²) in [5.74, 6) is 1.06. The van der Waals surface area contributed by atoms with E-state index in [-0.39, 0.29) is 0 Å². The van der Waals surface area contributed by atoms with Crippen LogP contribution in [0.5, 0.6) is 11.6 Å². The van der Waals surface area contributed by atoms with E-state index in [1.165, 1.54) is 0 Å². The van der Waals surface area contributed by atoms with Gasteiger partial charge in [-0.3, -0.25) is 0 Å². The lowest BCUT2D eigenvalue weighted by Crippen LogP contribution is -1.91. The molecule has 1 aromatic carbocycles. The Morgan fingerprint density at radius 1 is 1.22 bits per heavy atom. The Balaban J connectivity index is 2.32. The van der Waals surface area contributed by atoms with E-state index in [1.807, 2.05) is 32.0 Å². The first-order chi connectivity index (χ1) is 8.60. The average Bonchev–Trinajstić information content (AvgIpc) is 2.36. The Morgan fingerprint density at radius 3 is 2.50 bits per heavy atom. The minimum absolute atomic E-state index is 0.398. The second kappa shape index (κ2) is 5.07. The highest BCUT2D eigenvalue weighted by molar-refractivity contribution is 6.32. The highest BCUT2D eigenvalue weighted by atomic mass is 35.5. The van der Waals surface area contributed by atoms with Crippen LogP contribution in [0.25, 0.3) is 0 Å². The van der Waals surface area contributed by atoms with Crippen molar-refractivity contribution in [2.45, 2.75) is 13.8 Å². The SMILES string of the molecule is Cc1cc(Oc2cc(C#N)ccn2)cc(C)c1Cl. The van der Waals surface area contributed by atoms with E-state index in [4.69, 9.17) is 21.6 Å². The molecule has 0 fully saturated rings. The second-order valence-electron chi connectivity index (χ2n) is 3.97. The largest absolute Gasteiger partial charge is 0.439 e. The number of halogens is 1. The molecule has 1 heterocycles. The van der Waals surface area contributed by atoms with Crippen molar-refractivity contribution in [1.82, 2.24) is 4.98 Å². The summed E-state index contributed by atoms with van der Waals surface area (Å²) >= 11 is 6.09. The van der Waals surface area contributed by atoms with Gasteiger partial charge in [-0.05, 0) is 43.2 Å². The molecule has 0 aliphatic heterocycles. The average molecular weight is 259 g/mol. The summed E-state index contributed by atoms with van der Waals surface area (Å²) in [6.45, 7) is 3.84. The van der Waals surface area contributed by atoms with Crippen molar-refractivity contribution in [2.24, 2.45) is 0 Å². The molecule has 0 aliphatic carbocycles. The molecule has 0 saturated heterocycles. The number of rotatable bonds is 2. The molecule has 18 heavy (non-hydrogen) atoms. The maximum Gasteiger partial charge on any atom is 0.220 e. The summed E-state index contributed by atoms with van der Waals surface area (Å²) in [6, 6.07) is 8.96. The van der Waals surface area contributed by atoms with Crippen molar-refractivity contribution in [3.8, 4) is 17.7 Å². The van der Waals surface area contributed by atoms with Crippen LogP contribution in [0, 0.1) is 25.2 Å². The molecule has 0 N–H and O–H groups in total. The quantitative estimate of drug-likeness (QED) is 0.817. The van der Waals surface area contributed by atoms with Crippen LogP contribution < -0.4 is 4.74 Å². The molecule has 2 aromatic rings. The van der Waals surface area contributed by atoms with Crippen molar-refractivity contribution in [3.05, 3.63) is 52.2 Å². The van der Waals surface area contributed by atoms with Crippen LogP contribution in [0.15, 0.2) is 30.5 Å². The third-order valence-corrected chi connectivity index (χ3v) is 3.09. The standard InChI is InChI=1S/C14H11ClN2O/c1-9-5-12(6-10(2)14(9)15)18-13-7-11(8-16)3-4-17-13/h3-7H,1-2H3. The van der Waals surface area contributed by atoms with Gasteiger partial charge in [0.15, 0.2) is 0 Å². The lowest BCUT2D eigenvalue weighted by molar-refractivity contribution is 0.462. The van der Waals surface area contributed by atoms with Crippen LogP contribution >= 0.6 is 11.6 Å². The van der Waals surface area contributed by atoms with Gasteiger partial charge in [-0.15, -0.1) is 0 Å². The highest BCUT2D eigenvalue weighted by Crippen LogP contribution is 2.28. The van der Waals surface area contributed by atoms with E-state index in [1.54, 1.807) is 18.3 Å². The monoisotopic (exact) mass is 258 g/mol. The molecule has 0 unspecified atom stereocenters. The molecule has 0 spiro atoms. The molecule has 4 heteroatoms. The van der Waals surface area contributed by atoms with Gasteiger partial charge >= 0.3 is 0 Å². The summed E-state index contributed by atoms with van der Waals surface area (Å²) in [7, 11) is 0. The topological polar surface area (TPSA) is 45.9 Å². The van der Waals surface area contributed by atoms with Crippen LogP contribution in [0.2, 0.25) is 5.02 Å². The first-order valence-corrected chi connectivity index (χ1v) is 5.78. The van der Waals surface area contributed by atoms with Crippen LogP contribution in [0.3, 0.4) is 0 Å². The van der Waals surface area contributed by atoms with Gasteiger partial charge in [0.1, 0.15) is 5.75 Å². The smallest absolute Gasteiger partial charge is 0.220 e. The number of benzene rings is 1. The van der Waals surface area contributed by atoms with E-state index in [2.05, 4.69) is 4.98 Å². The number of hydrogen-bond donors (Lipinski definition) is 0. The fraction of sp³-hybridized carbons (Fsp3) is 0.143. The lowest BCUT2D eigenvalue weighted by Gasteiger charge is -2.08. The molecule has 3 nitrogen and oxygen atoms in total. The van der Waals surface area contributed by atoms with Crippen LogP contribution in [0.4, 0.5) is 0 Å². The Hall–Kier alpha value is -2.05. The summed E-state index contributed by atoms with van der Waals surface area (Å²) in [5.41, 5.74) is 2.41. The van der Waals surface area contributed by atoms with Gasteiger partial charge in [0.2, 0.25) is 5.88 Å². The molecule has 2 rings (SSSR count). The number of nitriles is 1. The van der Waals surface area contributed by atoms with Crippen molar-refractivity contribution in [2.75, 3.05) is 0 Å². The predicted octanol–water partition coefficient (Wildman–Crippen LogP) is 4.02. The highest BCUT2D eigenvalue weighted by Gasteiger charge is 2.05. The number of hydrogen-bond acceptors (Lipinski definition) is 3. The molecule has 0 saturated carbocycles. The van der Waals surface area contributed by atoms with Crippen molar-refractivity contribution >= 4 is 11.6 Å². The minimum atomic E-state index is 0.398. The molecule has 0 atom stereocenters. The summed E-state index contributed by atoms with van der Waals surface area (Å²) in [4.78, 5) is 4.06. The zero-order chi connectivity index (χ0) is 13.1. The zero-order valence-electron chi connectivity index (χ0n) is 10.1. The third kappa shape index (κ3) is 2.61. The normalized spacial score (nSPS) is 9.89. The third-order valence-electron chi connectivity index (χ3n) is 2.50. The van der Waals surface area contributed by atoms with Crippen LogP contribution in [-0.4, -0.2) is 4.98 Å². The van der Waals surface area contributed by atoms with Crippen molar-refractivity contribution in [1.29, 1.82) is 5.26 Å². The molecule has 0 bridgehead atoms. The minimum Gasteiger partial charge on any atom is -0.439 e. The number of aromatic nitrogens is 1. The van der Waals surface area contributed by atoms with Gasteiger partial charge in [0.25, 0.3) is 0 Å². The van der Waals surface area contributed by atoms with E-state index in [0.29, 0.717) is 17.2 Å². The van der Waals surface area contributed by atoms with E-state index in [0.717, 1.165) is 16.1 Å². The Morgan fingerprint density at radius 2 is 1.89 bits per heavy atom. The fourth-order valence-electron chi connectivity index (χ4n) is 1.62. The Bertz CT molecular complexity index is 609. The maximum absolute atomic E-state index is 8.80. The van der Waals surface area contributed by atoms with Crippen molar-refractivity contribution in [3.63, 3.8) is 0 Å². The molecule has 0 radical (unpaired) electrons. The number of aryl methyl sites for hydroxylation is 2. The van der Waals surface area contributed by atoms with Gasteiger partial charge < -0.3 is 4.74 Å². The van der Waals surface area contributed by atoms with E-state index < -0.39 is 0 Å². The van der Waals surface area contributed by atoms with E-state index >= 15 is 0 Å². The second-order valence-corrected chi connectivity index (χ2v) is 4.35. The van der Waals surface area contributed by atoms with Gasteiger partial charge in [-0.1, -0.05) is 11.6 Å². The lowest BCUT2D eigenvalue weighted by atomic mass is 10.1. The molecular formula is C14H11ClN2O. The number of nitrogens with zero attached hydrogens (tertiary/aromatic N) is 2.